The Kier molecular flexibility index (Phi) is 5.96. The predicted octanol–water partition coefficient (Wildman–Crippen LogP) is 4.38. The van der Waals surface area contributed by atoms with Crippen molar-refractivity contribution in [1.82, 2.24) is 0 Å². The molecule has 1 fully saturated rings. The number of hydrogen-bond donors (Lipinski definition) is 2. The lowest BCUT2D eigenvalue weighted by atomic mass is 9.94. The second-order valence-electron chi connectivity index (χ2n) is 7.84. The van der Waals surface area contributed by atoms with Gasteiger partial charge in [-0.2, -0.15) is 0 Å². The minimum atomic E-state index is -1.33. The number of nitro benzene ring substituents is 1. The van der Waals surface area contributed by atoms with Crippen molar-refractivity contribution in [3.63, 3.8) is 0 Å². The van der Waals surface area contributed by atoms with Crippen molar-refractivity contribution in [3.8, 4) is 11.5 Å². The molecule has 10 heteroatoms. The molecule has 1 aliphatic rings. The van der Waals surface area contributed by atoms with Gasteiger partial charge in [-0.1, -0.05) is 12.1 Å². The zero-order valence-electron chi connectivity index (χ0n) is 18.6. The maximum Gasteiger partial charge on any atom is 0.311 e. The van der Waals surface area contributed by atoms with Crippen LogP contribution in [0.5, 0.6) is 11.5 Å². The smallest absolute Gasteiger partial charge is 0.311 e. The van der Waals surface area contributed by atoms with Gasteiger partial charge in [0.2, 0.25) is 0 Å². The van der Waals surface area contributed by atoms with Gasteiger partial charge in [0.25, 0.3) is 11.7 Å². The van der Waals surface area contributed by atoms with E-state index in [1.807, 2.05) is 0 Å². The molecule has 1 heterocycles. The molecule has 1 amide bonds. The number of nitro groups is 1. The maximum atomic E-state index is 14.0. The Morgan fingerprint density at radius 2 is 1.86 bits per heavy atom. The summed E-state index contributed by atoms with van der Waals surface area (Å²) in [5, 5.41) is 32.5. The van der Waals surface area contributed by atoms with E-state index >= 15 is 0 Å². The number of carbonyl (C=O) groups excluding carboxylic acids is 2. The average Bonchev–Trinajstić information content (AvgIpc) is 3.09. The first-order chi connectivity index (χ1) is 16.6. The van der Waals surface area contributed by atoms with E-state index in [2.05, 4.69) is 0 Å². The van der Waals surface area contributed by atoms with Gasteiger partial charge in [0.05, 0.1) is 23.6 Å². The Morgan fingerprint density at radius 3 is 2.49 bits per heavy atom. The average molecular weight is 478 g/mol. The van der Waals surface area contributed by atoms with Crippen molar-refractivity contribution < 1.29 is 33.9 Å². The SMILES string of the molecule is COc1ccc(/C(O)=C2/C(=O)C(=O)N(c3cccc(F)c3)C2c2ccc(O)c([N+](=O)[O-])c2)cc1C. The molecule has 2 N–H and O–H groups in total. The number of aryl methyl sites for hydroxylation is 1. The summed E-state index contributed by atoms with van der Waals surface area (Å²) in [6.45, 7) is 1.72. The zero-order chi connectivity index (χ0) is 25.4. The number of ketones is 1. The number of carbonyl (C=O) groups is 2. The van der Waals surface area contributed by atoms with Gasteiger partial charge in [-0.25, -0.2) is 4.39 Å². The van der Waals surface area contributed by atoms with Crippen molar-refractivity contribution >= 4 is 28.8 Å². The van der Waals surface area contributed by atoms with Gasteiger partial charge in [-0.3, -0.25) is 24.6 Å². The predicted molar refractivity (Wildman–Crippen MR) is 124 cm³/mol. The molecule has 0 saturated carbocycles. The molecule has 35 heavy (non-hydrogen) atoms. The number of phenolic OH excluding ortho intramolecular Hbond substituents is 1. The van der Waals surface area contributed by atoms with Crippen LogP contribution in [-0.2, 0) is 9.59 Å². The minimum Gasteiger partial charge on any atom is -0.507 e. The molecule has 0 aromatic heterocycles. The van der Waals surface area contributed by atoms with E-state index in [0.717, 1.165) is 29.2 Å². The number of nitrogens with zero attached hydrogens (tertiary/aromatic N) is 2. The third kappa shape index (κ3) is 4.05. The van der Waals surface area contributed by atoms with Crippen molar-refractivity contribution in [2.75, 3.05) is 12.0 Å². The summed E-state index contributed by atoms with van der Waals surface area (Å²) in [5.74, 6) is -3.39. The Bertz CT molecular complexity index is 1420. The van der Waals surface area contributed by atoms with Gasteiger partial charge >= 0.3 is 5.69 Å². The molecular weight excluding hydrogens is 459 g/mol. The largest absolute Gasteiger partial charge is 0.507 e. The summed E-state index contributed by atoms with van der Waals surface area (Å²) in [6, 6.07) is 11.6. The van der Waals surface area contributed by atoms with E-state index in [1.165, 1.54) is 31.4 Å². The van der Waals surface area contributed by atoms with Gasteiger partial charge in [-0.05, 0) is 60.5 Å². The Morgan fingerprint density at radius 1 is 1.11 bits per heavy atom. The van der Waals surface area contributed by atoms with Crippen molar-refractivity contribution in [3.05, 3.63) is 98.9 Å². The van der Waals surface area contributed by atoms with Crippen LogP contribution in [0.1, 0.15) is 22.7 Å². The van der Waals surface area contributed by atoms with E-state index in [4.69, 9.17) is 4.74 Å². The second kappa shape index (κ2) is 8.90. The topological polar surface area (TPSA) is 130 Å². The number of halogens is 1. The van der Waals surface area contributed by atoms with Crippen LogP contribution in [0.4, 0.5) is 15.8 Å². The molecule has 0 bridgehead atoms. The first-order valence-electron chi connectivity index (χ1n) is 10.3. The van der Waals surface area contributed by atoms with Gasteiger partial charge in [0.15, 0.2) is 5.75 Å². The van der Waals surface area contributed by atoms with Crippen LogP contribution in [0.3, 0.4) is 0 Å². The van der Waals surface area contributed by atoms with E-state index in [-0.39, 0.29) is 22.4 Å². The molecule has 178 valence electrons. The number of hydrogen-bond acceptors (Lipinski definition) is 7. The number of benzene rings is 3. The number of methoxy groups -OCH3 is 1. The molecule has 0 spiro atoms. The first kappa shape index (κ1) is 23.4. The third-order valence-corrected chi connectivity index (χ3v) is 5.71. The van der Waals surface area contributed by atoms with Crippen LogP contribution >= 0.6 is 0 Å². The summed E-state index contributed by atoms with van der Waals surface area (Å²) < 4.78 is 19.2. The van der Waals surface area contributed by atoms with Crippen LogP contribution in [0, 0.1) is 22.9 Å². The lowest BCUT2D eigenvalue weighted by molar-refractivity contribution is -0.385. The standard InChI is InChI=1S/C25H19FN2O7/c1-13-10-15(7-9-20(13)35-2)23(30)21-22(14-6-8-19(29)18(11-14)28(33)34)27(25(32)24(21)31)17-5-3-4-16(26)12-17/h3-12,22,29-30H,1-2H3/b23-21-. The highest BCUT2D eigenvalue weighted by Gasteiger charge is 2.47. The second-order valence-corrected chi connectivity index (χ2v) is 7.84. The normalized spacial score (nSPS) is 17.0. The Balaban J connectivity index is 1.99. The van der Waals surface area contributed by atoms with Crippen molar-refractivity contribution in [2.24, 2.45) is 0 Å². The fraction of sp³-hybridized carbons (Fsp3) is 0.120. The molecule has 1 aliphatic heterocycles. The molecule has 1 saturated heterocycles. The Labute approximate surface area is 198 Å². The molecule has 0 radical (unpaired) electrons. The van der Waals surface area contributed by atoms with Crippen LogP contribution in [0.2, 0.25) is 0 Å². The van der Waals surface area contributed by atoms with Crippen LogP contribution < -0.4 is 9.64 Å². The highest BCUT2D eigenvalue weighted by Crippen LogP contribution is 2.44. The molecule has 9 nitrogen and oxygen atoms in total. The number of aliphatic hydroxyl groups excluding tert-OH is 1. The number of rotatable bonds is 5. The number of aromatic hydroxyl groups is 1. The number of anilines is 1. The zero-order valence-corrected chi connectivity index (χ0v) is 18.6. The number of phenols is 1. The Hall–Kier alpha value is -4.73. The molecule has 0 aliphatic carbocycles. The van der Waals surface area contributed by atoms with Crippen molar-refractivity contribution in [2.45, 2.75) is 13.0 Å². The summed E-state index contributed by atoms with van der Waals surface area (Å²) in [7, 11) is 1.48. The van der Waals surface area contributed by atoms with Crippen LogP contribution in [0.25, 0.3) is 5.76 Å². The highest BCUT2D eigenvalue weighted by molar-refractivity contribution is 6.51. The van der Waals surface area contributed by atoms with Crippen LogP contribution in [-0.4, -0.2) is 33.9 Å². The van der Waals surface area contributed by atoms with Crippen LogP contribution in [0.15, 0.2) is 66.2 Å². The molecule has 4 rings (SSSR count). The monoisotopic (exact) mass is 478 g/mol. The molecule has 1 unspecified atom stereocenters. The van der Waals surface area contributed by atoms with Gasteiger partial charge in [-0.15, -0.1) is 0 Å². The molecule has 3 aromatic carbocycles. The van der Waals surface area contributed by atoms with Gasteiger partial charge in [0.1, 0.15) is 17.3 Å². The van der Waals surface area contributed by atoms with E-state index in [0.29, 0.717) is 11.3 Å². The summed E-state index contributed by atoms with van der Waals surface area (Å²) >= 11 is 0. The number of aliphatic hydroxyl groups is 1. The summed E-state index contributed by atoms with van der Waals surface area (Å²) in [4.78, 5) is 37.8. The third-order valence-electron chi connectivity index (χ3n) is 5.71. The number of amides is 1. The quantitative estimate of drug-likeness (QED) is 0.183. The van der Waals surface area contributed by atoms with Crippen molar-refractivity contribution in [1.29, 1.82) is 0 Å². The lowest BCUT2D eigenvalue weighted by Crippen LogP contribution is -2.29. The molecule has 1 atom stereocenters. The molecular formula is C25H19FN2O7. The van der Waals surface area contributed by atoms with E-state index < -0.39 is 45.7 Å². The summed E-state index contributed by atoms with van der Waals surface area (Å²) in [5.41, 5.74) is -0.0782. The molecule has 3 aromatic rings. The number of ether oxygens (including phenoxy) is 1. The van der Waals surface area contributed by atoms with Gasteiger partial charge in [0, 0.05) is 17.3 Å². The lowest BCUT2D eigenvalue weighted by Gasteiger charge is -2.25. The maximum absolute atomic E-state index is 14.0. The minimum absolute atomic E-state index is 0.0118. The van der Waals surface area contributed by atoms with E-state index in [9.17, 15) is 34.3 Å². The van der Waals surface area contributed by atoms with Gasteiger partial charge < -0.3 is 14.9 Å². The summed E-state index contributed by atoms with van der Waals surface area (Å²) in [6.07, 6.45) is 0. The highest BCUT2D eigenvalue weighted by atomic mass is 19.1. The van der Waals surface area contributed by atoms with E-state index in [1.54, 1.807) is 19.1 Å². The fourth-order valence-electron chi connectivity index (χ4n) is 4.08. The first-order valence-corrected chi connectivity index (χ1v) is 10.3. The number of Topliss-reactive ketones (excluding diaryl/α,β-unsaturated/α-hetero) is 1. The fourth-order valence-corrected chi connectivity index (χ4v) is 4.08.